The van der Waals surface area contributed by atoms with Crippen LogP contribution in [-0.4, -0.2) is 11.7 Å². The smallest absolute Gasteiger partial charge is 0.249 e. The lowest BCUT2D eigenvalue weighted by molar-refractivity contribution is -0.118. The maximum Gasteiger partial charge on any atom is 0.249 e. The average Bonchev–Trinajstić information content (AvgIpc) is 2.67. The highest BCUT2D eigenvalue weighted by molar-refractivity contribution is 8.00. The summed E-state index contributed by atoms with van der Waals surface area (Å²) in [7, 11) is 0. The lowest BCUT2D eigenvalue weighted by Crippen LogP contribution is -2.39. The zero-order chi connectivity index (χ0) is 17.5. The van der Waals surface area contributed by atoms with Gasteiger partial charge in [-0.25, -0.2) is 0 Å². The molecule has 126 valence electrons. The Bertz CT molecular complexity index is 771. The van der Waals surface area contributed by atoms with Crippen LogP contribution in [0.4, 0.5) is 11.4 Å². The molecular weight excluding hydrogens is 352 g/mol. The second kappa shape index (κ2) is 8.60. The third-order valence-electron chi connectivity index (χ3n) is 3.45. The molecule has 25 heavy (non-hydrogen) atoms. The van der Waals surface area contributed by atoms with Crippen LogP contribution in [0.3, 0.4) is 0 Å². The standard InChI is InChI=1S/C20H17ClN2OS/c21-16-11-13-19(14-12-16)25-15-20(24)22-23(17-7-3-1-4-8-17)18-9-5-2-6-10-18/h1-14H,15H2,(H,22,24). The van der Waals surface area contributed by atoms with Crippen LogP contribution in [0.25, 0.3) is 0 Å². The predicted octanol–water partition coefficient (Wildman–Crippen LogP) is 5.30. The molecule has 3 rings (SSSR count). The zero-order valence-corrected chi connectivity index (χ0v) is 15.0. The van der Waals surface area contributed by atoms with E-state index in [0.717, 1.165) is 16.3 Å². The molecule has 0 spiro atoms. The third-order valence-corrected chi connectivity index (χ3v) is 4.71. The van der Waals surface area contributed by atoms with Gasteiger partial charge in [-0.15, -0.1) is 11.8 Å². The summed E-state index contributed by atoms with van der Waals surface area (Å²) in [6.07, 6.45) is 0. The van der Waals surface area contributed by atoms with Crippen LogP contribution >= 0.6 is 23.4 Å². The number of carbonyl (C=O) groups is 1. The Morgan fingerprint density at radius 3 is 1.88 bits per heavy atom. The molecule has 5 heteroatoms. The van der Waals surface area contributed by atoms with E-state index < -0.39 is 0 Å². The molecule has 3 aromatic carbocycles. The highest BCUT2D eigenvalue weighted by Gasteiger charge is 2.12. The second-order valence-corrected chi connectivity index (χ2v) is 6.77. The van der Waals surface area contributed by atoms with Crippen molar-refractivity contribution in [1.29, 1.82) is 0 Å². The van der Waals surface area contributed by atoms with Gasteiger partial charge in [0.25, 0.3) is 0 Å². The number of anilines is 2. The quantitative estimate of drug-likeness (QED) is 0.473. The van der Waals surface area contributed by atoms with Crippen molar-refractivity contribution in [2.75, 3.05) is 10.8 Å². The fourth-order valence-electron chi connectivity index (χ4n) is 2.27. The van der Waals surface area contributed by atoms with Gasteiger partial charge in [0.05, 0.1) is 17.1 Å². The fourth-order valence-corrected chi connectivity index (χ4v) is 3.09. The van der Waals surface area contributed by atoms with Crippen LogP contribution in [0.2, 0.25) is 5.02 Å². The zero-order valence-electron chi connectivity index (χ0n) is 13.4. The van der Waals surface area contributed by atoms with Gasteiger partial charge in [0.2, 0.25) is 5.91 Å². The number of hydrogen-bond donors (Lipinski definition) is 1. The number of nitrogens with one attached hydrogen (secondary N) is 1. The average molecular weight is 369 g/mol. The number of thioether (sulfide) groups is 1. The minimum atomic E-state index is -0.0762. The molecule has 0 bridgehead atoms. The minimum Gasteiger partial charge on any atom is -0.272 e. The minimum absolute atomic E-state index is 0.0762. The lowest BCUT2D eigenvalue weighted by atomic mass is 10.2. The molecule has 3 aromatic rings. The maximum atomic E-state index is 12.4. The maximum absolute atomic E-state index is 12.4. The van der Waals surface area contributed by atoms with Crippen molar-refractivity contribution in [3.63, 3.8) is 0 Å². The number of hydrazine groups is 1. The van der Waals surface area contributed by atoms with Crippen LogP contribution in [0, 0.1) is 0 Å². The van der Waals surface area contributed by atoms with Gasteiger partial charge in [-0.05, 0) is 48.5 Å². The van der Waals surface area contributed by atoms with Crippen LogP contribution in [0.15, 0.2) is 89.8 Å². The molecule has 3 nitrogen and oxygen atoms in total. The fraction of sp³-hybridized carbons (Fsp3) is 0.0500. The highest BCUT2D eigenvalue weighted by Crippen LogP contribution is 2.23. The molecule has 0 fully saturated rings. The first-order valence-electron chi connectivity index (χ1n) is 7.80. The Labute approximate surface area is 156 Å². The van der Waals surface area contributed by atoms with Gasteiger partial charge in [-0.1, -0.05) is 48.0 Å². The Hall–Kier alpha value is -2.43. The van der Waals surface area contributed by atoms with Crippen molar-refractivity contribution < 1.29 is 4.79 Å². The molecule has 0 radical (unpaired) electrons. The molecule has 0 aliphatic heterocycles. The summed E-state index contributed by atoms with van der Waals surface area (Å²) in [5, 5.41) is 2.48. The Morgan fingerprint density at radius 1 is 0.840 bits per heavy atom. The van der Waals surface area contributed by atoms with E-state index in [1.165, 1.54) is 11.8 Å². The van der Waals surface area contributed by atoms with Crippen molar-refractivity contribution >= 4 is 40.6 Å². The first-order chi connectivity index (χ1) is 12.2. The summed E-state index contributed by atoms with van der Waals surface area (Å²) in [5.41, 5.74) is 4.78. The van der Waals surface area contributed by atoms with Crippen molar-refractivity contribution in [3.05, 3.63) is 90.0 Å². The lowest BCUT2D eigenvalue weighted by Gasteiger charge is -2.25. The summed E-state index contributed by atoms with van der Waals surface area (Å²) in [6, 6.07) is 27.0. The monoisotopic (exact) mass is 368 g/mol. The summed E-state index contributed by atoms with van der Waals surface area (Å²) in [5.74, 6) is 0.241. The molecule has 1 amide bonds. The van der Waals surface area contributed by atoms with E-state index in [0.29, 0.717) is 10.8 Å². The van der Waals surface area contributed by atoms with Crippen molar-refractivity contribution in [3.8, 4) is 0 Å². The molecule has 0 aliphatic rings. The van der Waals surface area contributed by atoms with Crippen LogP contribution in [0.5, 0.6) is 0 Å². The van der Waals surface area contributed by atoms with Crippen molar-refractivity contribution in [2.24, 2.45) is 0 Å². The molecule has 0 atom stereocenters. The molecule has 0 heterocycles. The van der Waals surface area contributed by atoms with Crippen molar-refractivity contribution in [2.45, 2.75) is 4.90 Å². The second-order valence-electron chi connectivity index (χ2n) is 5.28. The molecule has 0 aromatic heterocycles. The molecular formula is C20H17ClN2OS. The molecule has 0 aliphatic carbocycles. The van der Waals surface area contributed by atoms with Gasteiger partial charge >= 0.3 is 0 Å². The van der Waals surface area contributed by atoms with Crippen LogP contribution < -0.4 is 10.4 Å². The molecule has 1 N–H and O–H groups in total. The number of hydrogen-bond acceptors (Lipinski definition) is 3. The Kier molecular flexibility index (Phi) is 5.99. The number of amides is 1. The highest BCUT2D eigenvalue weighted by atomic mass is 35.5. The summed E-state index contributed by atoms with van der Waals surface area (Å²) in [4.78, 5) is 13.4. The van der Waals surface area contributed by atoms with Gasteiger partial charge in [-0.2, -0.15) is 0 Å². The number of benzene rings is 3. The molecule has 0 saturated heterocycles. The van der Waals surface area contributed by atoms with E-state index in [9.17, 15) is 4.79 Å². The van der Waals surface area contributed by atoms with Gasteiger partial charge in [0.15, 0.2) is 0 Å². The summed E-state index contributed by atoms with van der Waals surface area (Å²) < 4.78 is 0. The van der Waals surface area contributed by atoms with Gasteiger partial charge in [-0.3, -0.25) is 15.2 Å². The molecule has 0 unspecified atom stereocenters. The predicted molar refractivity (Wildman–Crippen MR) is 105 cm³/mol. The van der Waals surface area contributed by atoms with Gasteiger partial charge in [0, 0.05) is 9.92 Å². The first kappa shape index (κ1) is 17.4. The number of rotatable bonds is 6. The molecule has 0 saturated carbocycles. The summed E-state index contributed by atoms with van der Waals surface area (Å²) in [6.45, 7) is 0. The van der Waals surface area contributed by atoms with E-state index in [-0.39, 0.29) is 5.91 Å². The Balaban J connectivity index is 1.69. The topological polar surface area (TPSA) is 32.3 Å². The number of halogens is 1. The van der Waals surface area contributed by atoms with E-state index in [4.69, 9.17) is 11.6 Å². The number of nitrogens with zero attached hydrogens (tertiary/aromatic N) is 1. The van der Waals surface area contributed by atoms with E-state index in [1.54, 1.807) is 5.01 Å². The number of carbonyl (C=O) groups excluding carboxylic acids is 1. The summed E-state index contributed by atoms with van der Waals surface area (Å²) >= 11 is 7.36. The van der Waals surface area contributed by atoms with Crippen LogP contribution in [-0.2, 0) is 4.79 Å². The largest absolute Gasteiger partial charge is 0.272 e. The first-order valence-corrected chi connectivity index (χ1v) is 9.17. The van der Waals surface area contributed by atoms with E-state index >= 15 is 0 Å². The van der Waals surface area contributed by atoms with Crippen molar-refractivity contribution in [1.82, 2.24) is 5.43 Å². The Morgan fingerprint density at radius 2 is 1.36 bits per heavy atom. The number of para-hydroxylation sites is 2. The van der Waals surface area contributed by atoms with E-state index in [2.05, 4.69) is 5.43 Å². The van der Waals surface area contributed by atoms with Gasteiger partial charge in [0.1, 0.15) is 0 Å². The van der Waals surface area contributed by atoms with E-state index in [1.807, 2.05) is 84.9 Å². The van der Waals surface area contributed by atoms with Crippen LogP contribution in [0.1, 0.15) is 0 Å². The SMILES string of the molecule is O=C(CSc1ccc(Cl)cc1)NN(c1ccccc1)c1ccccc1. The van der Waals surface area contributed by atoms with Gasteiger partial charge < -0.3 is 0 Å². The normalized spacial score (nSPS) is 10.3. The third kappa shape index (κ3) is 5.02.